The largest absolute Gasteiger partial charge is 0.389 e. The fourth-order valence-electron chi connectivity index (χ4n) is 4.41. The van der Waals surface area contributed by atoms with Crippen LogP contribution in [0.25, 0.3) is 0 Å². The second-order valence-corrected chi connectivity index (χ2v) is 9.67. The smallest absolute Gasteiger partial charge is 0.240 e. The van der Waals surface area contributed by atoms with Crippen molar-refractivity contribution in [2.75, 3.05) is 18.1 Å². The first kappa shape index (κ1) is 22.5. The van der Waals surface area contributed by atoms with Crippen molar-refractivity contribution in [1.29, 1.82) is 0 Å². The number of aliphatic hydroxyl groups excluding tert-OH is 1. The molecule has 2 aliphatic rings. The van der Waals surface area contributed by atoms with Gasteiger partial charge in [0, 0.05) is 11.4 Å². The van der Waals surface area contributed by atoms with Gasteiger partial charge in [-0.25, -0.2) is 13.1 Å². The molecule has 0 aliphatic carbocycles. The first-order chi connectivity index (χ1) is 15.5. The van der Waals surface area contributed by atoms with Crippen LogP contribution in [-0.4, -0.2) is 44.9 Å². The van der Waals surface area contributed by atoms with Crippen LogP contribution in [-0.2, 0) is 21.2 Å². The van der Waals surface area contributed by atoms with Gasteiger partial charge in [0.2, 0.25) is 10.0 Å². The monoisotopic (exact) mass is 452 g/mol. The minimum atomic E-state index is -3.81. The topological polar surface area (TPSA) is 78.9 Å². The molecule has 0 bridgehead atoms. The molecule has 0 radical (unpaired) electrons. The first-order valence-corrected chi connectivity index (χ1v) is 12.1. The summed E-state index contributed by atoms with van der Waals surface area (Å²) in [4.78, 5) is 2.18. The molecule has 0 aromatic heterocycles. The lowest BCUT2D eigenvalue weighted by Crippen LogP contribution is -2.61. The van der Waals surface area contributed by atoms with Gasteiger partial charge in [-0.15, -0.1) is 0 Å². The van der Waals surface area contributed by atoms with Crippen molar-refractivity contribution < 1.29 is 18.3 Å². The van der Waals surface area contributed by atoms with Crippen LogP contribution in [0.1, 0.15) is 12.0 Å². The number of hydrogen-bond donors (Lipinski definition) is 2. The maximum Gasteiger partial charge on any atom is 0.240 e. The number of ether oxygens (including phenoxy) is 1. The van der Waals surface area contributed by atoms with E-state index < -0.39 is 28.2 Å². The van der Waals surface area contributed by atoms with Gasteiger partial charge < -0.3 is 14.7 Å². The highest BCUT2D eigenvalue weighted by molar-refractivity contribution is 7.89. The normalized spacial score (nSPS) is 23.9. The number of nitrogens with zero attached hydrogens (tertiary/aromatic N) is 1. The molecular formula is C25H28N2O4S. The molecule has 3 atom stereocenters. The van der Waals surface area contributed by atoms with Gasteiger partial charge in [-0.2, -0.15) is 0 Å². The van der Waals surface area contributed by atoms with E-state index >= 15 is 0 Å². The molecular weight excluding hydrogens is 424 g/mol. The summed E-state index contributed by atoms with van der Waals surface area (Å²) in [5, 5.41) is 11.3. The summed E-state index contributed by atoms with van der Waals surface area (Å²) in [6.07, 6.45) is 4.21. The number of benzene rings is 2. The predicted molar refractivity (Wildman–Crippen MR) is 126 cm³/mol. The van der Waals surface area contributed by atoms with Crippen LogP contribution in [0.15, 0.2) is 96.1 Å². The van der Waals surface area contributed by atoms with Crippen LogP contribution in [0.5, 0.6) is 0 Å². The van der Waals surface area contributed by atoms with Crippen molar-refractivity contribution in [3.8, 4) is 0 Å². The molecule has 2 heterocycles. The quantitative estimate of drug-likeness (QED) is 0.704. The number of rotatable bonds is 6. The number of fused-ring (bicyclic) bond motifs is 1. The minimum Gasteiger partial charge on any atom is -0.389 e. The van der Waals surface area contributed by atoms with Crippen LogP contribution in [0.4, 0.5) is 5.69 Å². The summed E-state index contributed by atoms with van der Waals surface area (Å²) in [6, 6.07) is 14.9. The number of sulfonamides is 1. The fraction of sp³-hybridized carbons (Fsp3) is 0.280. The van der Waals surface area contributed by atoms with E-state index in [4.69, 9.17) is 4.74 Å². The Morgan fingerprint density at radius 3 is 2.44 bits per heavy atom. The molecule has 2 N–H and O–H groups in total. The van der Waals surface area contributed by atoms with Crippen molar-refractivity contribution in [2.45, 2.75) is 35.9 Å². The Morgan fingerprint density at radius 2 is 1.72 bits per heavy atom. The maximum atomic E-state index is 12.9. The van der Waals surface area contributed by atoms with E-state index in [0.29, 0.717) is 0 Å². The lowest BCUT2D eigenvalue weighted by atomic mass is 9.98. The molecule has 2 aromatic rings. The van der Waals surface area contributed by atoms with Gasteiger partial charge in [0.15, 0.2) is 0 Å². The highest BCUT2D eigenvalue weighted by Crippen LogP contribution is 2.36. The van der Waals surface area contributed by atoms with Crippen molar-refractivity contribution in [3.63, 3.8) is 0 Å². The van der Waals surface area contributed by atoms with Crippen LogP contribution in [0.2, 0.25) is 0 Å². The zero-order chi connectivity index (χ0) is 22.7. The Kier molecular flexibility index (Phi) is 6.62. The lowest BCUT2D eigenvalue weighted by Gasteiger charge is -2.43. The van der Waals surface area contributed by atoms with Crippen LogP contribution >= 0.6 is 0 Å². The number of anilines is 1. The van der Waals surface area contributed by atoms with Gasteiger partial charge in [-0.3, -0.25) is 0 Å². The lowest BCUT2D eigenvalue weighted by molar-refractivity contribution is -0.0250. The zero-order valence-corrected chi connectivity index (χ0v) is 18.7. The Balaban J connectivity index is 1.70. The van der Waals surface area contributed by atoms with Gasteiger partial charge in [0.1, 0.15) is 0 Å². The third-order valence-electron chi connectivity index (χ3n) is 6.03. The first-order valence-electron chi connectivity index (χ1n) is 10.6. The highest BCUT2D eigenvalue weighted by Gasteiger charge is 2.40. The summed E-state index contributed by atoms with van der Waals surface area (Å²) < 4.78 is 34.2. The molecule has 7 heteroatoms. The van der Waals surface area contributed by atoms with E-state index in [1.54, 1.807) is 24.3 Å². The number of nitrogens with one attached hydrogen (secondary N) is 1. The second-order valence-electron chi connectivity index (χ2n) is 7.95. The van der Waals surface area contributed by atoms with Crippen molar-refractivity contribution >= 4 is 15.7 Å². The average molecular weight is 453 g/mol. The molecule has 6 nitrogen and oxygen atoms in total. The van der Waals surface area contributed by atoms with E-state index in [1.807, 2.05) is 29.2 Å². The molecule has 3 unspecified atom stereocenters. The average Bonchev–Trinajstić information content (AvgIpc) is 2.97. The molecule has 0 spiro atoms. The molecule has 0 amide bonds. The number of aliphatic hydroxyl groups is 1. The van der Waals surface area contributed by atoms with Gasteiger partial charge in [-0.1, -0.05) is 55.6 Å². The van der Waals surface area contributed by atoms with Gasteiger partial charge in [0.25, 0.3) is 0 Å². The molecule has 2 aliphatic heterocycles. The summed E-state index contributed by atoms with van der Waals surface area (Å²) in [5.41, 5.74) is 3.97. The van der Waals surface area contributed by atoms with Crippen molar-refractivity contribution in [3.05, 3.63) is 96.7 Å². The van der Waals surface area contributed by atoms with Crippen LogP contribution in [0, 0.1) is 0 Å². The van der Waals surface area contributed by atoms with E-state index in [9.17, 15) is 13.5 Å². The van der Waals surface area contributed by atoms with Gasteiger partial charge >= 0.3 is 0 Å². The van der Waals surface area contributed by atoms with Crippen LogP contribution < -0.4 is 9.62 Å². The van der Waals surface area contributed by atoms with Crippen molar-refractivity contribution in [1.82, 2.24) is 4.72 Å². The summed E-state index contributed by atoms with van der Waals surface area (Å²) in [6.45, 7) is 8.30. The number of allylic oxidation sites excluding steroid dienone is 3. The van der Waals surface area contributed by atoms with E-state index in [1.165, 1.54) is 12.1 Å². The molecule has 0 saturated carbocycles. The van der Waals surface area contributed by atoms with Gasteiger partial charge in [-0.05, 0) is 48.3 Å². The SMILES string of the molecule is C=CC1=C(C=C)N(C2COCC(NS(=O)(=O)c3ccccc3)C2O)c2ccccc2CC1. The minimum absolute atomic E-state index is 0.0840. The third kappa shape index (κ3) is 4.29. The second kappa shape index (κ2) is 9.42. The molecule has 1 fully saturated rings. The summed E-state index contributed by atoms with van der Waals surface area (Å²) in [5.74, 6) is 0. The van der Waals surface area contributed by atoms with Crippen molar-refractivity contribution in [2.24, 2.45) is 0 Å². The maximum absolute atomic E-state index is 12.9. The van der Waals surface area contributed by atoms with E-state index in [0.717, 1.165) is 35.4 Å². The molecule has 2 aromatic carbocycles. The fourth-order valence-corrected chi connectivity index (χ4v) is 5.67. The van der Waals surface area contributed by atoms with Gasteiger partial charge in [0.05, 0.1) is 36.3 Å². The number of aryl methyl sites for hydroxylation is 1. The number of para-hydroxylation sites is 1. The van der Waals surface area contributed by atoms with E-state index in [2.05, 4.69) is 23.9 Å². The Morgan fingerprint density at radius 1 is 1.00 bits per heavy atom. The summed E-state index contributed by atoms with van der Waals surface area (Å²) in [7, 11) is -3.81. The standard InChI is InChI=1S/C25H28N2O4S/c1-3-18-14-15-19-10-8-9-13-23(19)27(22(18)4-2)24-17-31-16-21(25(24)28)26-32(29,30)20-11-6-5-7-12-20/h3-13,21,24-26,28H,1-2,14-17H2. The molecule has 1 saturated heterocycles. The predicted octanol–water partition coefficient (Wildman–Crippen LogP) is 3.17. The number of hydrogen-bond acceptors (Lipinski definition) is 5. The zero-order valence-electron chi connectivity index (χ0n) is 17.9. The highest BCUT2D eigenvalue weighted by atomic mass is 32.2. The molecule has 32 heavy (non-hydrogen) atoms. The summed E-state index contributed by atoms with van der Waals surface area (Å²) >= 11 is 0. The third-order valence-corrected chi connectivity index (χ3v) is 7.53. The Bertz CT molecular complexity index is 1130. The Hall–Kier alpha value is -2.71. The molecule has 168 valence electrons. The Labute approximate surface area is 189 Å². The van der Waals surface area contributed by atoms with Crippen LogP contribution in [0.3, 0.4) is 0 Å². The van der Waals surface area contributed by atoms with E-state index in [-0.39, 0.29) is 18.1 Å². The molecule has 4 rings (SSSR count).